The SMILES string of the molecule is C[C@@H]1[C@@H]([Si](C)(C)O)[C@H](CC(=O)N(CCO)Cc2ccccc2)O[C@@]12C(=O)N(Cc1ccc(N3CCCC3=O)cc1)c1ccc(N3CCCC3=O)cc12. The molecule has 3 fully saturated rings. The lowest BCUT2D eigenvalue weighted by atomic mass is 9.82. The fourth-order valence-corrected chi connectivity index (χ4v) is 11.5. The van der Waals surface area contributed by atoms with Crippen molar-refractivity contribution in [1.29, 1.82) is 0 Å². The minimum Gasteiger partial charge on any atom is -0.432 e. The molecule has 3 aromatic carbocycles. The molecule has 0 aromatic heterocycles. The Morgan fingerprint density at radius 3 is 2.13 bits per heavy atom. The van der Waals surface area contributed by atoms with Crippen molar-refractivity contribution in [1.82, 2.24) is 4.90 Å². The maximum absolute atomic E-state index is 15.1. The molecule has 0 radical (unpaired) electrons. The Morgan fingerprint density at radius 2 is 1.54 bits per heavy atom. The molecule has 2 N–H and O–H groups in total. The van der Waals surface area contributed by atoms with Gasteiger partial charge in [0.15, 0.2) is 13.9 Å². The van der Waals surface area contributed by atoms with Crippen LogP contribution in [0, 0.1) is 5.92 Å². The fourth-order valence-electron chi connectivity index (χ4n) is 8.91. The Labute approximate surface area is 305 Å². The summed E-state index contributed by atoms with van der Waals surface area (Å²) in [5.74, 6) is -0.865. The zero-order valence-corrected chi connectivity index (χ0v) is 31.2. The molecule has 0 bridgehead atoms. The van der Waals surface area contributed by atoms with Gasteiger partial charge in [0, 0.05) is 67.4 Å². The monoisotopic (exact) mass is 724 g/mol. The van der Waals surface area contributed by atoms with Gasteiger partial charge >= 0.3 is 0 Å². The molecule has 1 spiro atoms. The second kappa shape index (κ2) is 14.2. The first-order valence-electron chi connectivity index (χ1n) is 18.4. The Morgan fingerprint density at radius 1 is 0.904 bits per heavy atom. The van der Waals surface area contributed by atoms with E-state index in [-0.39, 0.29) is 49.7 Å². The van der Waals surface area contributed by atoms with Gasteiger partial charge in [-0.3, -0.25) is 19.2 Å². The number of nitrogens with zero attached hydrogens (tertiary/aromatic N) is 4. The van der Waals surface area contributed by atoms with Gasteiger partial charge < -0.3 is 34.2 Å². The normalized spacial score (nSPS) is 24.4. The minimum absolute atomic E-state index is 0.0276. The topological polar surface area (TPSA) is 131 Å². The van der Waals surface area contributed by atoms with Crippen molar-refractivity contribution < 1.29 is 33.8 Å². The molecule has 3 saturated heterocycles. The molecule has 11 nitrogen and oxygen atoms in total. The van der Waals surface area contributed by atoms with Crippen LogP contribution in [-0.2, 0) is 42.6 Å². The van der Waals surface area contributed by atoms with Crippen LogP contribution in [0.25, 0.3) is 0 Å². The number of anilines is 3. The van der Waals surface area contributed by atoms with Gasteiger partial charge in [-0.1, -0.05) is 49.4 Å². The summed E-state index contributed by atoms with van der Waals surface area (Å²) in [6.07, 6.45) is 1.75. The summed E-state index contributed by atoms with van der Waals surface area (Å²) in [6, 6.07) is 22.9. The lowest BCUT2D eigenvalue weighted by molar-refractivity contribution is -0.150. The van der Waals surface area contributed by atoms with Crippen molar-refractivity contribution >= 4 is 49.0 Å². The number of aliphatic hydroxyl groups excluding tert-OH is 1. The molecule has 0 aliphatic carbocycles. The number of aliphatic hydroxyl groups is 1. The van der Waals surface area contributed by atoms with Crippen LogP contribution in [0.4, 0.5) is 17.1 Å². The lowest BCUT2D eigenvalue weighted by Crippen LogP contribution is -2.46. The standard InChI is InChI=1S/C40H48N4O7Si/c1-27-38(52(2,3)50)34(24-37(48)41(21-22-45)25-28-9-5-4-6-10-28)51-40(27)32-23-31(43-20-8-12-36(43)47)17-18-33(32)44(39(40)49)26-29-13-15-30(16-14-29)42-19-7-11-35(42)46/h4-6,9-10,13-18,23,27,34,38,45,50H,7-8,11-12,19-22,24-26H2,1-3H3/t27-,34+,38-,40+/m1/s1. The van der Waals surface area contributed by atoms with Crippen LogP contribution in [0.3, 0.4) is 0 Å². The van der Waals surface area contributed by atoms with E-state index >= 15 is 4.79 Å². The molecule has 7 rings (SSSR count). The van der Waals surface area contributed by atoms with E-state index in [2.05, 4.69) is 0 Å². The van der Waals surface area contributed by atoms with Crippen molar-refractivity contribution in [2.75, 3.05) is 40.9 Å². The second-order valence-electron chi connectivity index (χ2n) is 15.1. The van der Waals surface area contributed by atoms with Crippen LogP contribution in [0.1, 0.15) is 55.7 Å². The zero-order chi connectivity index (χ0) is 36.8. The molecule has 4 atom stereocenters. The fraction of sp³-hybridized carbons (Fsp3) is 0.450. The molecule has 4 amide bonds. The van der Waals surface area contributed by atoms with E-state index < -0.39 is 31.5 Å². The van der Waals surface area contributed by atoms with Crippen molar-refractivity contribution in [3.8, 4) is 0 Å². The number of hydrogen-bond acceptors (Lipinski definition) is 7. The first-order chi connectivity index (χ1) is 24.9. The molecule has 0 saturated carbocycles. The van der Waals surface area contributed by atoms with Gasteiger partial charge in [-0.15, -0.1) is 0 Å². The van der Waals surface area contributed by atoms with Crippen LogP contribution in [0.15, 0.2) is 72.8 Å². The summed E-state index contributed by atoms with van der Waals surface area (Å²) in [7, 11) is -3.07. The van der Waals surface area contributed by atoms with Crippen LogP contribution in [0.5, 0.6) is 0 Å². The van der Waals surface area contributed by atoms with Crippen LogP contribution in [0.2, 0.25) is 18.6 Å². The Balaban J connectivity index is 1.24. The van der Waals surface area contributed by atoms with Gasteiger partial charge in [-0.2, -0.15) is 0 Å². The van der Waals surface area contributed by atoms with Crippen molar-refractivity contribution in [2.45, 2.75) is 82.5 Å². The highest BCUT2D eigenvalue weighted by molar-refractivity contribution is 6.71. The molecule has 52 heavy (non-hydrogen) atoms. The molecular weight excluding hydrogens is 677 g/mol. The Hall–Kier alpha value is -4.36. The lowest BCUT2D eigenvalue weighted by Gasteiger charge is -2.33. The Bertz CT molecular complexity index is 1850. The quantitative estimate of drug-likeness (QED) is 0.275. The maximum atomic E-state index is 15.1. The summed E-state index contributed by atoms with van der Waals surface area (Å²) >= 11 is 0. The van der Waals surface area contributed by atoms with Gasteiger partial charge in [-0.25, -0.2) is 0 Å². The van der Waals surface area contributed by atoms with E-state index in [0.29, 0.717) is 49.4 Å². The van der Waals surface area contributed by atoms with Gasteiger partial charge in [0.25, 0.3) is 5.91 Å². The average molecular weight is 725 g/mol. The summed E-state index contributed by atoms with van der Waals surface area (Å²) in [5.41, 5.74) is 2.65. The zero-order valence-electron chi connectivity index (χ0n) is 30.2. The number of rotatable bonds is 11. The summed E-state index contributed by atoms with van der Waals surface area (Å²) in [4.78, 5) is 73.0. The van der Waals surface area contributed by atoms with Crippen LogP contribution >= 0.6 is 0 Å². The third-order valence-corrected chi connectivity index (χ3v) is 13.8. The molecule has 0 unspecified atom stereocenters. The third-order valence-electron chi connectivity index (χ3n) is 11.3. The largest absolute Gasteiger partial charge is 0.432 e. The highest BCUT2D eigenvalue weighted by Crippen LogP contribution is 2.60. The number of hydrogen-bond donors (Lipinski definition) is 2. The van der Waals surface area contributed by atoms with E-state index in [1.54, 1.807) is 19.6 Å². The van der Waals surface area contributed by atoms with Crippen molar-refractivity contribution in [3.05, 3.63) is 89.5 Å². The number of carbonyl (C=O) groups excluding carboxylic acids is 4. The van der Waals surface area contributed by atoms with Gasteiger partial charge in [0.05, 0.1) is 31.4 Å². The van der Waals surface area contributed by atoms with Crippen molar-refractivity contribution in [3.63, 3.8) is 0 Å². The van der Waals surface area contributed by atoms with E-state index in [4.69, 9.17) is 4.74 Å². The van der Waals surface area contributed by atoms with E-state index in [9.17, 15) is 24.3 Å². The predicted molar refractivity (Wildman–Crippen MR) is 200 cm³/mol. The number of benzene rings is 3. The molecule has 274 valence electrons. The highest BCUT2D eigenvalue weighted by atomic mass is 28.4. The van der Waals surface area contributed by atoms with E-state index in [1.807, 2.05) is 92.8 Å². The first-order valence-corrected chi connectivity index (χ1v) is 21.4. The molecule has 3 aromatic rings. The summed E-state index contributed by atoms with van der Waals surface area (Å²) < 4.78 is 6.99. The van der Waals surface area contributed by atoms with E-state index in [1.165, 1.54) is 0 Å². The summed E-state index contributed by atoms with van der Waals surface area (Å²) in [5, 5.41) is 9.87. The molecule has 12 heteroatoms. The predicted octanol–water partition coefficient (Wildman–Crippen LogP) is 4.70. The molecule has 4 aliphatic heterocycles. The van der Waals surface area contributed by atoms with Gasteiger partial charge in [0.1, 0.15) is 0 Å². The van der Waals surface area contributed by atoms with Crippen LogP contribution in [-0.4, -0.2) is 79.1 Å². The van der Waals surface area contributed by atoms with E-state index in [0.717, 1.165) is 29.7 Å². The number of amides is 4. The number of ether oxygens (including phenoxy) is 1. The average Bonchev–Trinajstić information content (AvgIpc) is 3.87. The smallest absolute Gasteiger partial charge is 0.264 e. The second-order valence-corrected chi connectivity index (χ2v) is 19.1. The Kier molecular flexibility index (Phi) is 9.85. The summed E-state index contributed by atoms with van der Waals surface area (Å²) in [6.45, 7) is 7.36. The maximum Gasteiger partial charge on any atom is 0.264 e. The van der Waals surface area contributed by atoms with Crippen molar-refractivity contribution in [2.24, 2.45) is 5.92 Å². The highest BCUT2D eigenvalue weighted by Gasteiger charge is 2.66. The van der Waals surface area contributed by atoms with Gasteiger partial charge in [0.2, 0.25) is 17.7 Å². The molecule has 4 heterocycles. The molecule has 4 aliphatic rings. The third kappa shape index (κ3) is 6.46. The number of carbonyl (C=O) groups is 4. The number of fused-ring (bicyclic) bond motifs is 2. The first kappa shape index (κ1) is 36.0. The minimum atomic E-state index is -3.07. The molecular formula is C40H48N4O7Si. The van der Waals surface area contributed by atoms with Crippen LogP contribution < -0.4 is 14.7 Å². The van der Waals surface area contributed by atoms with Gasteiger partial charge in [-0.05, 0) is 67.4 Å².